The van der Waals surface area contributed by atoms with E-state index in [4.69, 9.17) is 16.3 Å². The lowest BCUT2D eigenvalue weighted by Gasteiger charge is -2.12. The van der Waals surface area contributed by atoms with Gasteiger partial charge < -0.3 is 15.4 Å². The van der Waals surface area contributed by atoms with Gasteiger partial charge in [-0.15, -0.1) is 0 Å². The fourth-order valence-corrected chi connectivity index (χ4v) is 3.13. The van der Waals surface area contributed by atoms with E-state index in [0.717, 1.165) is 30.2 Å². The molecule has 1 fully saturated rings. The number of carbonyl (C=O) groups excluding carboxylic acids is 1. The molecule has 6 nitrogen and oxygen atoms in total. The third kappa shape index (κ3) is 5.03. The number of hydrogen-bond donors (Lipinski definition) is 2. The number of rotatable bonds is 7. The van der Waals surface area contributed by atoms with E-state index >= 15 is 0 Å². The number of aromatic nitrogens is 2. The molecule has 28 heavy (non-hydrogen) atoms. The van der Waals surface area contributed by atoms with E-state index in [9.17, 15) is 18.0 Å². The van der Waals surface area contributed by atoms with Crippen LogP contribution in [0.1, 0.15) is 29.0 Å². The van der Waals surface area contributed by atoms with Crippen LogP contribution in [0.5, 0.6) is 0 Å². The van der Waals surface area contributed by atoms with E-state index in [2.05, 4.69) is 15.7 Å². The molecule has 2 N–H and O–H groups in total. The molecule has 1 amide bonds. The van der Waals surface area contributed by atoms with Gasteiger partial charge in [0.05, 0.1) is 16.8 Å². The standard InChI is InChI=1S/C18H20ClF3N4O2/c19-13-5-1-2-6-14(13)26-15(10-16(25-26)18(20,21)22)17(27)24-8-7-23-11-12-4-3-9-28-12/h1-2,5-6,10,12,23H,3-4,7-9,11H2,(H,24,27). The number of benzene rings is 1. The lowest BCUT2D eigenvalue weighted by atomic mass is 10.2. The maximum absolute atomic E-state index is 13.1. The van der Waals surface area contributed by atoms with Crippen molar-refractivity contribution < 1.29 is 22.7 Å². The van der Waals surface area contributed by atoms with Crippen LogP contribution in [0, 0.1) is 0 Å². The van der Waals surface area contributed by atoms with Crippen LogP contribution in [0.4, 0.5) is 13.2 Å². The van der Waals surface area contributed by atoms with Crippen molar-refractivity contribution in [2.24, 2.45) is 0 Å². The van der Waals surface area contributed by atoms with Gasteiger partial charge in [0.15, 0.2) is 5.69 Å². The Balaban J connectivity index is 1.68. The topological polar surface area (TPSA) is 68.2 Å². The van der Waals surface area contributed by atoms with Crippen molar-refractivity contribution in [3.05, 3.63) is 46.7 Å². The van der Waals surface area contributed by atoms with Gasteiger partial charge in [-0.05, 0) is 25.0 Å². The second-order valence-corrected chi connectivity index (χ2v) is 6.78. The van der Waals surface area contributed by atoms with Gasteiger partial charge in [0.25, 0.3) is 5.91 Å². The van der Waals surface area contributed by atoms with Gasteiger partial charge in [0, 0.05) is 32.3 Å². The molecule has 10 heteroatoms. The molecule has 1 saturated heterocycles. The molecule has 1 atom stereocenters. The van der Waals surface area contributed by atoms with Crippen LogP contribution >= 0.6 is 11.6 Å². The molecule has 1 aromatic carbocycles. The van der Waals surface area contributed by atoms with Gasteiger partial charge in [-0.1, -0.05) is 23.7 Å². The number of nitrogens with zero attached hydrogens (tertiary/aromatic N) is 2. The second kappa shape index (κ2) is 8.93. The van der Waals surface area contributed by atoms with Crippen LogP contribution in [-0.2, 0) is 10.9 Å². The van der Waals surface area contributed by atoms with Crippen LogP contribution in [0.25, 0.3) is 5.69 Å². The van der Waals surface area contributed by atoms with Crippen LogP contribution in [-0.4, -0.2) is 48.0 Å². The SMILES string of the molecule is O=C(NCCNCC1CCCO1)c1cc(C(F)(F)F)nn1-c1ccccc1Cl. The minimum atomic E-state index is -4.68. The van der Waals surface area contributed by atoms with E-state index in [1.165, 1.54) is 12.1 Å². The highest BCUT2D eigenvalue weighted by atomic mass is 35.5. The molecule has 0 aliphatic carbocycles. The first kappa shape index (κ1) is 20.6. The van der Waals surface area contributed by atoms with Crippen LogP contribution in [0.15, 0.2) is 30.3 Å². The zero-order chi connectivity index (χ0) is 20.1. The minimum Gasteiger partial charge on any atom is -0.377 e. The predicted molar refractivity (Wildman–Crippen MR) is 97.8 cm³/mol. The molecular weight excluding hydrogens is 397 g/mol. The van der Waals surface area contributed by atoms with Crippen LogP contribution in [0.2, 0.25) is 5.02 Å². The average Bonchev–Trinajstić information content (AvgIpc) is 3.31. The number of hydrogen-bond acceptors (Lipinski definition) is 4. The van der Waals surface area contributed by atoms with Crippen molar-refractivity contribution in [1.82, 2.24) is 20.4 Å². The largest absolute Gasteiger partial charge is 0.435 e. The van der Waals surface area contributed by atoms with E-state index in [1.807, 2.05) is 0 Å². The van der Waals surface area contributed by atoms with Crippen molar-refractivity contribution in [1.29, 1.82) is 0 Å². The third-order valence-corrected chi connectivity index (χ3v) is 4.62. The molecule has 1 unspecified atom stereocenters. The number of halogens is 4. The highest BCUT2D eigenvalue weighted by Crippen LogP contribution is 2.30. The fourth-order valence-electron chi connectivity index (χ4n) is 2.91. The highest BCUT2D eigenvalue weighted by molar-refractivity contribution is 6.32. The Morgan fingerprint density at radius 2 is 2.11 bits per heavy atom. The molecule has 1 aromatic heterocycles. The first-order valence-electron chi connectivity index (χ1n) is 8.89. The van der Waals surface area contributed by atoms with Gasteiger partial charge in [-0.25, -0.2) is 4.68 Å². The number of para-hydroxylation sites is 1. The Labute approximate surface area is 165 Å². The number of ether oxygens (including phenoxy) is 1. The van der Waals surface area contributed by atoms with Crippen molar-refractivity contribution in [3.8, 4) is 5.69 Å². The summed E-state index contributed by atoms with van der Waals surface area (Å²) in [5.41, 5.74) is -1.20. The summed E-state index contributed by atoms with van der Waals surface area (Å²) >= 11 is 6.07. The van der Waals surface area contributed by atoms with Crippen molar-refractivity contribution in [3.63, 3.8) is 0 Å². The van der Waals surface area contributed by atoms with Gasteiger partial charge in [0.2, 0.25) is 0 Å². The third-order valence-electron chi connectivity index (χ3n) is 4.30. The van der Waals surface area contributed by atoms with Crippen LogP contribution in [0.3, 0.4) is 0 Å². The molecule has 1 aliphatic heterocycles. The van der Waals surface area contributed by atoms with Crippen molar-refractivity contribution in [2.45, 2.75) is 25.1 Å². The van der Waals surface area contributed by atoms with E-state index in [-0.39, 0.29) is 29.1 Å². The van der Waals surface area contributed by atoms with Gasteiger partial charge in [-0.3, -0.25) is 4.79 Å². The zero-order valence-electron chi connectivity index (χ0n) is 14.9. The molecule has 2 heterocycles. The monoisotopic (exact) mass is 416 g/mol. The number of nitrogens with one attached hydrogen (secondary N) is 2. The quantitative estimate of drug-likeness (QED) is 0.681. The van der Waals surface area contributed by atoms with Gasteiger partial charge in [-0.2, -0.15) is 18.3 Å². The second-order valence-electron chi connectivity index (χ2n) is 6.37. The number of amides is 1. The molecular formula is C18H20ClF3N4O2. The lowest BCUT2D eigenvalue weighted by Crippen LogP contribution is -2.35. The Morgan fingerprint density at radius 3 is 2.79 bits per heavy atom. The van der Waals surface area contributed by atoms with E-state index in [0.29, 0.717) is 13.1 Å². The number of carbonyl (C=O) groups is 1. The summed E-state index contributed by atoms with van der Waals surface area (Å²) in [6.45, 7) is 2.15. The smallest absolute Gasteiger partial charge is 0.377 e. The molecule has 1 aliphatic rings. The summed E-state index contributed by atoms with van der Waals surface area (Å²) in [5, 5.41) is 9.49. The Kier molecular flexibility index (Phi) is 6.58. The van der Waals surface area contributed by atoms with Gasteiger partial charge in [0.1, 0.15) is 5.69 Å². The molecule has 3 rings (SSSR count). The molecule has 152 valence electrons. The molecule has 0 radical (unpaired) electrons. The number of alkyl halides is 3. The summed E-state index contributed by atoms with van der Waals surface area (Å²) in [6.07, 6.45) is -2.47. The van der Waals surface area contributed by atoms with Crippen molar-refractivity contribution >= 4 is 17.5 Å². The molecule has 0 bridgehead atoms. The Bertz CT molecular complexity index is 819. The summed E-state index contributed by atoms with van der Waals surface area (Å²) in [7, 11) is 0. The fraction of sp³-hybridized carbons (Fsp3) is 0.444. The maximum atomic E-state index is 13.1. The summed E-state index contributed by atoms with van der Waals surface area (Å²) < 4.78 is 45.7. The Morgan fingerprint density at radius 1 is 1.32 bits per heavy atom. The van der Waals surface area contributed by atoms with Crippen molar-refractivity contribution in [2.75, 3.05) is 26.2 Å². The summed E-state index contributed by atoms with van der Waals surface area (Å²) in [6, 6.07) is 6.97. The minimum absolute atomic E-state index is 0.173. The lowest BCUT2D eigenvalue weighted by molar-refractivity contribution is -0.141. The first-order valence-corrected chi connectivity index (χ1v) is 9.27. The molecule has 2 aromatic rings. The van der Waals surface area contributed by atoms with E-state index < -0.39 is 17.8 Å². The Hall–Kier alpha value is -2.10. The summed E-state index contributed by atoms with van der Waals surface area (Å²) in [4.78, 5) is 12.5. The maximum Gasteiger partial charge on any atom is 0.435 e. The molecule has 0 spiro atoms. The zero-order valence-corrected chi connectivity index (χ0v) is 15.7. The van der Waals surface area contributed by atoms with E-state index in [1.54, 1.807) is 12.1 Å². The predicted octanol–water partition coefficient (Wildman–Crippen LogP) is 3.04. The van der Waals surface area contributed by atoms with Gasteiger partial charge >= 0.3 is 6.18 Å². The normalized spacial score (nSPS) is 17.1. The van der Waals surface area contributed by atoms with Crippen LogP contribution < -0.4 is 10.6 Å². The average molecular weight is 417 g/mol. The first-order chi connectivity index (χ1) is 13.4. The highest BCUT2D eigenvalue weighted by Gasteiger charge is 2.36. The summed E-state index contributed by atoms with van der Waals surface area (Å²) in [5.74, 6) is -0.665. The molecule has 0 saturated carbocycles.